The Bertz CT molecular complexity index is 961. The molecular formula is C22H19F2NO3. The summed E-state index contributed by atoms with van der Waals surface area (Å²) in [4.78, 5) is 12.5. The smallest absolute Gasteiger partial charge is 0.255 e. The number of halogens is 2. The quantitative estimate of drug-likeness (QED) is 0.610. The van der Waals surface area contributed by atoms with E-state index in [-0.39, 0.29) is 12.3 Å². The number of para-hydroxylation sites is 1. The molecule has 1 amide bonds. The zero-order valence-electron chi connectivity index (χ0n) is 15.2. The van der Waals surface area contributed by atoms with Crippen LogP contribution in [0.2, 0.25) is 0 Å². The summed E-state index contributed by atoms with van der Waals surface area (Å²) in [6.07, 6.45) is 0. The molecule has 0 bridgehead atoms. The van der Waals surface area contributed by atoms with Crippen molar-refractivity contribution < 1.29 is 23.0 Å². The first-order valence-electron chi connectivity index (χ1n) is 8.77. The third-order valence-electron chi connectivity index (χ3n) is 3.94. The van der Waals surface area contributed by atoms with Crippen molar-refractivity contribution in [1.82, 2.24) is 0 Å². The summed E-state index contributed by atoms with van der Waals surface area (Å²) in [6.45, 7) is 2.52. The van der Waals surface area contributed by atoms with E-state index in [0.717, 1.165) is 6.07 Å². The van der Waals surface area contributed by atoms with Crippen LogP contribution in [0.3, 0.4) is 0 Å². The van der Waals surface area contributed by atoms with Gasteiger partial charge < -0.3 is 14.8 Å². The Morgan fingerprint density at radius 3 is 2.46 bits per heavy atom. The summed E-state index contributed by atoms with van der Waals surface area (Å²) < 4.78 is 38.2. The van der Waals surface area contributed by atoms with E-state index in [2.05, 4.69) is 5.32 Å². The Morgan fingerprint density at radius 2 is 1.75 bits per heavy atom. The van der Waals surface area contributed by atoms with Crippen LogP contribution in [0.5, 0.6) is 11.5 Å². The second-order valence-electron chi connectivity index (χ2n) is 5.94. The number of anilines is 1. The van der Waals surface area contributed by atoms with E-state index >= 15 is 0 Å². The number of carbonyl (C=O) groups excluding carboxylic acids is 1. The number of carbonyl (C=O) groups is 1. The van der Waals surface area contributed by atoms with Crippen molar-refractivity contribution >= 4 is 11.6 Å². The predicted octanol–water partition coefficient (Wildman–Crippen LogP) is 5.19. The van der Waals surface area contributed by atoms with Gasteiger partial charge >= 0.3 is 0 Å². The average Bonchev–Trinajstić information content (AvgIpc) is 2.70. The second kappa shape index (κ2) is 8.99. The predicted molar refractivity (Wildman–Crippen MR) is 103 cm³/mol. The molecule has 0 spiro atoms. The largest absolute Gasteiger partial charge is 0.493 e. The third kappa shape index (κ3) is 4.85. The van der Waals surface area contributed by atoms with Crippen LogP contribution in [0, 0.1) is 11.6 Å². The Labute approximate surface area is 161 Å². The molecule has 0 aliphatic rings. The van der Waals surface area contributed by atoms with Crippen molar-refractivity contribution in [2.75, 3.05) is 11.9 Å². The van der Waals surface area contributed by atoms with Gasteiger partial charge in [0.25, 0.3) is 5.91 Å². The SMILES string of the molecule is CCOc1ccc(C(=O)Nc2ccc(F)cc2F)cc1COc1ccccc1. The van der Waals surface area contributed by atoms with Gasteiger partial charge in [-0.15, -0.1) is 0 Å². The standard InChI is InChI=1S/C22H19F2NO3/c1-2-27-21-11-8-15(12-16(21)14-28-18-6-4-3-5-7-18)22(26)25-20-10-9-17(23)13-19(20)24/h3-13H,2,14H2,1H3,(H,25,26). The normalized spacial score (nSPS) is 10.4. The number of benzene rings is 3. The zero-order valence-corrected chi connectivity index (χ0v) is 15.2. The first-order chi connectivity index (χ1) is 13.6. The van der Waals surface area contributed by atoms with Crippen molar-refractivity contribution in [3.63, 3.8) is 0 Å². The van der Waals surface area contributed by atoms with Crippen LogP contribution in [0.15, 0.2) is 66.7 Å². The average molecular weight is 383 g/mol. The van der Waals surface area contributed by atoms with Gasteiger partial charge in [-0.1, -0.05) is 18.2 Å². The molecule has 144 valence electrons. The minimum absolute atomic E-state index is 0.0950. The molecule has 0 fully saturated rings. The van der Waals surface area contributed by atoms with Gasteiger partial charge in [-0.2, -0.15) is 0 Å². The highest BCUT2D eigenvalue weighted by molar-refractivity contribution is 6.04. The Hall–Kier alpha value is -3.41. The number of nitrogens with one attached hydrogen (secondary N) is 1. The molecule has 0 saturated heterocycles. The van der Waals surface area contributed by atoms with Gasteiger partial charge in [0.2, 0.25) is 0 Å². The lowest BCUT2D eigenvalue weighted by atomic mass is 10.1. The molecule has 3 aromatic carbocycles. The van der Waals surface area contributed by atoms with E-state index < -0.39 is 17.5 Å². The number of hydrogen-bond donors (Lipinski definition) is 1. The lowest BCUT2D eigenvalue weighted by Crippen LogP contribution is -2.14. The highest BCUT2D eigenvalue weighted by Gasteiger charge is 2.14. The van der Waals surface area contributed by atoms with Gasteiger partial charge in [-0.05, 0) is 49.4 Å². The summed E-state index contributed by atoms with van der Waals surface area (Å²) >= 11 is 0. The first kappa shape index (κ1) is 19.4. The summed E-state index contributed by atoms with van der Waals surface area (Å²) in [6, 6.07) is 17.1. The van der Waals surface area contributed by atoms with Gasteiger partial charge in [-0.3, -0.25) is 4.79 Å². The van der Waals surface area contributed by atoms with E-state index in [0.29, 0.717) is 35.3 Å². The fraction of sp³-hybridized carbons (Fsp3) is 0.136. The molecule has 0 aliphatic heterocycles. The summed E-state index contributed by atoms with van der Waals surface area (Å²) in [5, 5.41) is 2.44. The van der Waals surface area contributed by atoms with Crippen LogP contribution in [0.25, 0.3) is 0 Å². The van der Waals surface area contributed by atoms with Gasteiger partial charge in [0.05, 0.1) is 12.3 Å². The van der Waals surface area contributed by atoms with E-state index in [1.165, 1.54) is 6.07 Å². The molecule has 0 heterocycles. The van der Waals surface area contributed by atoms with Gasteiger partial charge in [0, 0.05) is 17.2 Å². The number of ether oxygens (including phenoxy) is 2. The van der Waals surface area contributed by atoms with Crippen LogP contribution < -0.4 is 14.8 Å². The molecule has 0 aliphatic carbocycles. The highest BCUT2D eigenvalue weighted by Crippen LogP contribution is 2.24. The van der Waals surface area contributed by atoms with Crippen molar-refractivity contribution in [2.24, 2.45) is 0 Å². The van der Waals surface area contributed by atoms with Gasteiger partial charge in [0.15, 0.2) is 0 Å². The van der Waals surface area contributed by atoms with Gasteiger partial charge in [-0.25, -0.2) is 8.78 Å². The van der Waals surface area contributed by atoms with E-state index in [9.17, 15) is 13.6 Å². The maximum Gasteiger partial charge on any atom is 0.255 e. The van der Waals surface area contributed by atoms with E-state index in [1.807, 2.05) is 37.3 Å². The molecule has 0 atom stereocenters. The van der Waals surface area contributed by atoms with Gasteiger partial charge in [0.1, 0.15) is 29.7 Å². The lowest BCUT2D eigenvalue weighted by Gasteiger charge is -2.13. The van der Waals surface area contributed by atoms with Crippen molar-refractivity contribution in [3.05, 3.63) is 89.5 Å². The minimum Gasteiger partial charge on any atom is -0.493 e. The van der Waals surface area contributed by atoms with Crippen LogP contribution in [-0.4, -0.2) is 12.5 Å². The van der Waals surface area contributed by atoms with Crippen LogP contribution in [0.4, 0.5) is 14.5 Å². The topological polar surface area (TPSA) is 47.6 Å². The van der Waals surface area contributed by atoms with Crippen molar-refractivity contribution in [1.29, 1.82) is 0 Å². The molecule has 0 saturated carbocycles. The number of hydrogen-bond acceptors (Lipinski definition) is 3. The van der Waals surface area contributed by atoms with Crippen LogP contribution in [-0.2, 0) is 6.61 Å². The van der Waals surface area contributed by atoms with E-state index in [4.69, 9.17) is 9.47 Å². The summed E-state index contributed by atoms with van der Waals surface area (Å²) in [5.74, 6) is -0.783. The zero-order chi connectivity index (χ0) is 19.9. The highest BCUT2D eigenvalue weighted by atomic mass is 19.1. The molecular weight excluding hydrogens is 364 g/mol. The molecule has 0 unspecified atom stereocenters. The second-order valence-corrected chi connectivity index (χ2v) is 5.94. The molecule has 6 heteroatoms. The fourth-order valence-corrected chi connectivity index (χ4v) is 2.59. The number of rotatable bonds is 7. The monoisotopic (exact) mass is 383 g/mol. The molecule has 1 N–H and O–H groups in total. The van der Waals surface area contributed by atoms with Crippen molar-refractivity contribution in [2.45, 2.75) is 13.5 Å². The molecule has 3 rings (SSSR count). The summed E-state index contributed by atoms with van der Waals surface area (Å²) in [7, 11) is 0. The molecule has 0 radical (unpaired) electrons. The Kier molecular flexibility index (Phi) is 6.22. The number of amides is 1. The molecule has 0 aromatic heterocycles. The fourth-order valence-electron chi connectivity index (χ4n) is 2.59. The Morgan fingerprint density at radius 1 is 0.964 bits per heavy atom. The Balaban J connectivity index is 1.79. The minimum atomic E-state index is -0.841. The summed E-state index contributed by atoms with van der Waals surface area (Å²) in [5.41, 5.74) is 0.888. The maximum atomic E-state index is 13.8. The van der Waals surface area contributed by atoms with Crippen LogP contribution in [0.1, 0.15) is 22.8 Å². The van der Waals surface area contributed by atoms with Crippen molar-refractivity contribution in [3.8, 4) is 11.5 Å². The maximum absolute atomic E-state index is 13.8. The van der Waals surface area contributed by atoms with E-state index in [1.54, 1.807) is 18.2 Å². The molecule has 28 heavy (non-hydrogen) atoms. The third-order valence-corrected chi connectivity index (χ3v) is 3.94. The first-order valence-corrected chi connectivity index (χ1v) is 8.77. The molecule has 4 nitrogen and oxygen atoms in total. The lowest BCUT2D eigenvalue weighted by molar-refractivity contribution is 0.102. The molecule has 3 aromatic rings. The van der Waals surface area contributed by atoms with Crippen LogP contribution >= 0.6 is 0 Å².